The maximum atomic E-state index is 13.7. The molecular weight excluding hydrogens is 425 g/mol. The van der Waals surface area contributed by atoms with Crippen molar-refractivity contribution in [3.05, 3.63) is 28.2 Å². The van der Waals surface area contributed by atoms with Crippen LogP contribution in [-0.2, 0) is 5.41 Å². The SMILES string of the molecule is COc1ccc(Br)cc1C(C)(C)C[C@@](O)(CC#C[Si](C)(C)C)C(F)(F)F. The molecule has 146 valence electrons. The van der Waals surface area contributed by atoms with Crippen molar-refractivity contribution in [2.24, 2.45) is 0 Å². The third-order valence-corrected chi connectivity index (χ3v) is 5.42. The summed E-state index contributed by atoms with van der Waals surface area (Å²) in [5.74, 6) is 3.07. The lowest BCUT2D eigenvalue weighted by Crippen LogP contribution is -2.49. The Morgan fingerprint density at radius 3 is 2.23 bits per heavy atom. The van der Waals surface area contributed by atoms with Gasteiger partial charge in [-0.2, -0.15) is 13.2 Å². The minimum atomic E-state index is -4.78. The molecular formula is C19H26BrF3O2Si. The highest BCUT2D eigenvalue weighted by molar-refractivity contribution is 9.10. The lowest BCUT2D eigenvalue weighted by Gasteiger charge is -2.37. The molecule has 1 rings (SSSR count). The average molecular weight is 451 g/mol. The molecule has 0 amide bonds. The topological polar surface area (TPSA) is 29.5 Å². The molecule has 2 nitrogen and oxygen atoms in total. The van der Waals surface area contributed by atoms with Gasteiger partial charge in [0.25, 0.3) is 0 Å². The van der Waals surface area contributed by atoms with Crippen LogP contribution in [0.3, 0.4) is 0 Å². The summed E-state index contributed by atoms with van der Waals surface area (Å²) in [4.78, 5) is 0. The van der Waals surface area contributed by atoms with Crippen molar-refractivity contribution in [2.75, 3.05) is 7.11 Å². The average Bonchev–Trinajstić information content (AvgIpc) is 2.44. The van der Waals surface area contributed by atoms with Crippen LogP contribution < -0.4 is 4.74 Å². The van der Waals surface area contributed by atoms with Gasteiger partial charge in [0, 0.05) is 16.5 Å². The van der Waals surface area contributed by atoms with E-state index < -0.39 is 38.1 Å². The lowest BCUT2D eigenvalue weighted by molar-refractivity contribution is -0.264. The van der Waals surface area contributed by atoms with Gasteiger partial charge in [-0.3, -0.25) is 0 Å². The number of benzene rings is 1. The Balaban J connectivity index is 3.29. The standard InChI is InChI=1S/C19H26BrF3O2Si/c1-17(2,15-12-14(20)8-9-16(15)25-3)13-18(24,19(21,22)23)10-7-11-26(4,5)6/h8-9,12,24H,10,13H2,1-6H3/t18-/m0/s1. The zero-order valence-electron chi connectivity index (χ0n) is 16.0. The van der Waals surface area contributed by atoms with Gasteiger partial charge >= 0.3 is 6.18 Å². The van der Waals surface area contributed by atoms with Crippen LogP contribution >= 0.6 is 15.9 Å². The number of aliphatic hydroxyl groups is 1. The van der Waals surface area contributed by atoms with E-state index in [-0.39, 0.29) is 0 Å². The molecule has 0 spiro atoms. The van der Waals surface area contributed by atoms with E-state index in [2.05, 4.69) is 27.4 Å². The van der Waals surface area contributed by atoms with E-state index in [1.54, 1.807) is 32.0 Å². The van der Waals surface area contributed by atoms with Gasteiger partial charge in [0.2, 0.25) is 0 Å². The molecule has 7 heteroatoms. The number of hydrogen-bond donors (Lipinski definition) is 1. The Morgan fingerprint density at radius 2 is 1.77 bits per heavy atom. The van der Waals surface area contributed by atoms with Crippen molar-refractivity contribution in [1.82, 2.24) is 0 Å². The maximum Gasteiger partial charge on any atom is 0.418 e. The molecule has 1 atom stereocenters. The van der Waals surface area contributed by atoms with E-state index in [0.29, 0.717) is 11.3 Å². The predicted molar refractivity (Wildman–Crippen MR) is 105 cm³/mol. The Kier molecular flexibility index (Phi) is 7.05. The quantitative estimate of drug-likeness (QED) is 0.461. The van der Waals surface area contributed by atoms with E-state index in [1.807, 2.05) is 19.6 Å². The van der Waals surface area contributed by atoms with E-state index in [0.717, 1.165) is 4.47 Å². The molecule has 0 saturated carbocycles. The Labute approximate surface area is 163 Å². The summed E-state index contributed by atoms with van der Waals surface area (Å²) in [6, 6.07) is 5.18. The first-order valence-electron chi connectivity index (χ1n) is 8.24. The van der Waals surface area contributed by atoms with Crippen molar-refractivity contribution in [2.45, 2.75) is 63.5 Å². The van der Waals surface area contributed by atoms with Gasteiger partial charge in [0.1, 0.15) is 13.8 Å². The highest BCUT2D eigenvalue weighted by atomic mass is 79.9. The Hall–Kier alpha value is -0.973. The molecule has 0 aromatic heterocycles. The van der Waals surface area contributed by atoms with Crippen LogP contribution in [0.4, 0.5) is 13.2 Å². The number of rotatable bonds is 5. The van der Waals surface area contributed by atoms with E-state index >= 15 is 0 Å². The van der Waals surface area contributed by atoms with Crippen LogP contribution in [0, 0.1) is 11.5 Å². The highest BCUT2D eigenvalue weighted by Gasteiger charge is 2.55. The molecule has 1 aromatic carbocycles. The van der Waals surface area contributed by atoms with Crippen LogP contribution in [0.1, 0.15) is 32.3 Å². The molecule has 0 aliphatic heterocycles. The number of methoxy groups -OCH3 is 1. The van der Waals surface area contributed by atoms with Crippen molar-refractivity contribution < 1.29 is 23.0 Å². The minimum absolute atomic E-state index is 0.482. The largest absolute Gasteiger partial charge is 0.496 e. The lowest BCUT2D eigenvalue weighted by atomic mass is 9.73. The summed E-state index contributed by atoms with van der Waals surface area (Å²) < 4.78 is 47.1. The molecule has 0 heterocycles. The van der Waals surface area contributed by atoms with Gasteiger partial charge in [-0.05, 0) is 30.0 Å². The van der Waals surface area contributed by atoms with Gasteiger partial charge in [-0.1, -0.05) is 49.4 Å². The van der Waals surface area contributed by atoms with Crippen LogP contribution in [-0.4, -0.2) is 32.1 Å². The van der Waals surface area contributed by atoms with Crippen LogP contribution in [0.5, 0.6) is 5.75 Å². The summed E-state index contributed by atoms with van der Waals surface area (Å²) in [5.41, 5.74) is -0.382. The molecule has 0 bridgehead atoms. The number of hydrogen-bond acceptors (Lipinski definition) is 2. The van der Waals surface area contributed by atoms with E-state index in [4.69, 9.17) is 4.74 Å². The summed E-state index contributed by atoms with van der Waals surface area (Å²) in [5, 5.41) is 10.5. The minimum Gasteiger partial charge on any atom is -0.496 e. The first-order valence-corrected chi connectivity index (χ1v) is 12.5. The third-order valence-electron chi connectivity index (χ3n) is 4.00. The van der Waals surface area contributed by atoms with Crippen molar-refractivity contribution >= 4 is 24.0 Å². The molecule has 0 radical (unpaired) electrons. The Morgan fingerprint density at radius 1 is 1.19 bits per heavy atom. The molecule has 0 unspecified atom stereocenters. The zero-order valence-corrected chi connectivity index (χ0v) is 18.6. The molecule has 0 aliphatic rings. The van der Waals surface area contributed by atoms with Gasteiger partial charge in [-0.15, -0.1) is 11.5 Å². The second kappa shape index (κ2) is 7.95. The fourth-order valence-electron chi connectivity index (χ4n) is 2.75. The van der Waals surface area contributed by atoms with Crippen LogP contribution in [0.2, 0.25) is 19.6 Å². The van der Waals surface area contributed by atoms with Gasteiger partial charge in [0.15, 0.2) is 5.60 Å². The van der Waals surface area contributed by atoms with E-state index in [9.17, 15) is 18.3 Å². The van der Waals surface area contributed by atoms with E-state index in [1.165, 1.54) is 7.11 Å². The molecule has 0 saturated heterocycles. The second-order valence-electron chi connectivity index (χ2n) is 8.16. The van der Waals surface area contributed by atoms with Crippen molar-refractivity contribution in [3.8, 4) is 17.2 Å². The molecule has 0 fully saturated rings. The molecule has 26 heavy (non-hydrogen) atoms. The number of ether oxygens (including phenoxy) is 1. The second-order valence-corrected chi connectivity index (χ2v) is 13.8. The van der Waals surface area contributed by atoms with Gasteiger partial charge in [0.05, 0.1) is 7.11 Å². The fraction of sp³-hybridized carbons (Fsp3) is 0.579. The summed E-state index contributed by atoms with van der Waals surface area (Å²) >= 11 is 3.34. The monoisotopic (exact) mass is 450 g/mol. The maximum absolute atomic E-state index is 13.7. The first-order chi connectivity index (χ1) is 11.6. The van der Waals surface area contributed by atoms with Crippen LogP contribution in [0.25, 0.3) is 0 Å². The van der Waals surface area contributed by atoms with Crippen LogP contribution in [0.15, 0.2) is 22.7 Å². The zero-order chi connectivity index (χ0) is 20.4. The smallest absolute Gasteiger partial charge is 0.418 e. The third kappa shape index (κ3) is 6.03. The fourth-order valence-corrected chi connectivity index (χ4v) is 3.73. The van der Waals surface area contributed by atoms with Gasteiger partial charge < -0.3 is 9.84 Å². The van der Waals surface area contributed by atoms with Crippen molar-refractivity contribution in [3.63, 3.8) is 0 Å². The number of halogens is 4. The molecule has 1 N–H and O–H groups in total. The molecule has 1 aromatic rings. The molecule has 0 aliphatic carbocycles. The summed E-state index contributed by atoms with van der Waals surface area (Å²) in [6.45, 7) is 9.18. The number of alkyl halides is 3. The normalized spacial score (nSPS) is 15.0. The van der Waals surface area contributed by atoms with Gasteiger partial charge in [-0.25, -0.2) is 0 Å². The van der Waals surface area contributed by atoms with Crippen molar-refractivity contribution in [1.29, 1.82) is 0 Å². The highest BCUT2D eigenvalue weighted by Crippen LogP contribution is 2.45. The first kappa shape index (κ1) is 23.1. The summed E-state index contributed by atoms with van der Waals surface area (Å²) in [6.07, 6.45) is -5.94. The summed E-state index contributed by atoms with van der Waals surface area (Å²) in [7, 11) is -0.356. The Bertz CT molecular complexity index is 699. The predicted octanol–water partition coefficient (Wildman–Crippen LogP) is 5.69.